The van der Waals surface area contributed by atoms with E-state index in [1.807, 2.05) is 0 Å². The molecule has 19 heavy (non-hydrogen) atoms. The third kappa shape index (κ3) is 4.50. The molecule has 0 atom stereocenters. The van der Waals surface area contributed by atoms with Crippen LogP contribution in [-0.2, 0) is 10.6 Å². The first-order chi connectivity index (χ1) is 9.40. The molecule has 3 fully saturated rings. The van der Waals surface area contributed by atoms with E-state index in [0.717, 1.165) is 0 Å². The fourth-order valence-electron chi connectivity index (χ4n) is 3.64. The molecule has 3 aliphatic carbocycles. The molecule has 0 aromatic carbocycles. The summed E-state index contributed by atoms with van der Waals surface area (Å²) in [6.45, 7) is 0. The van der Waals surface area contributed by atoms with Gasteiger partial charge in [-0.15, -0.1) is 0 Å². The third-order valence-corrected chi connectivity index (χ3v) is 8.64. The molecule has 3 saturated carbocycles. The van der Waals surface area contributed by atoms with Crippen LogP contribution in [0.1, 0.15) is 77.0 Å². The van der Waals surface area contributed by atoms with E-state index in [4.69, 9.17) is 10.6 Å². The van der Waals surface area contributed by atoms with Crippen LogP contribution in [0.5, 0.6) is 0 Å². The maximum absolute atomic E-state index is 6.28. The summed E-state index contributed by atoms with van der Waals surface area (Å²) in [5, 5.41) is 0. The number of hydrogen-bond acceptors (Lipinski definition) is 3. The molecule has 0 unspecified atom stereocenters. The SMILES string of the molecule is C1CCC([O][Ga]([O]C2CCCC2)[O]C2CCCC2)C1. The standard InChI is InChI=1S/3C5H9O.Ga/c3*6-5-3-1-2-4-5;/h3*5H,1-4H2;/q3*-1;+3. The number of rotatable bonds is 6. The van der Waals surface area contributed by atoms with E-state index in [9.17, 15) is 0 Å². The average molecular weight is 325 g/mol. The van der Waals surface area contributed by atoms with E-state index in [1.165, 1.54) is 77.0 Å². The van der Waals surface area contributed by atoms with Gasteiger partial charge >= 0.3 is 123 Å². The summed E-state index contributed by atoms with van der Waals surface area (Å²) in [5.74, 6) is 0. The molecule has 0 spiro atoms. The molecule has 4 heteroatoms. The van der Waals surface area contributed by atoms with E-state index in [1.54, 1.807) is 0 Å². The normalized spacial score (nSPS) is 26.5. The fourth-order valence-corrected chi connectivity index (χ4v) is 7.74. The molecular weight excluding hydrogens is 298 g/mol. The summed E-state index contributed by atoms with van der Waals surface area (Å²) in [7, 11) is 0. The summed E-state index contributed by atoms with van der Waals surface area (Å²) >= 11 is -2.42. The van der Waals surface area contributed by atoms with Gasteiger partial charge in [0.2, 0.25) is 0 Å². The molecule has 0 aromatic rings. The van der Waals surface area contributed by atoms with Gasteiger partial charge in [-0.05, 0) is 0 Å². The number of hydrogen-bond donors (Lipinski definition) is 0. The Kier molecular flexibility index (Phi) is 5.71. The monoisotopic (exact) mass is 324 g/mol. The van der Waals surface area contributed by atoms with Crippen molar-refractivity contribution in [3.63, 3.8) is 0 Å². The zero-order valence-corrected chi connectivity index (χ0v) is 14.4. The summed E-state index contributed by atoms with van der Waals surface area (Å²) in [6.07, 6.45) is 16.7. The van der Waals surface area contributed by atoms with Crippen LogP contribution in [-0.4, -0.2) is 35.6 Å². The molecule has 0 aromatic heterocycles. The second kappa shape index (κ2) is 7.50. The summed E-state index contributed by atoms with van der Waals surface area (Å²) in [4.78, 5) is 0. The van der Waals surface area contributed by atoms with Crippen molar-refractivity contribution in [2.75, 3.05) is 0 Å². The average Bonchev–Trinajstić information content (AvgIpc) is 3.10. The molecule has 0 heterocycles. The van der Waals surface area contributed by atoms with Crippen molar-refractivity contribution < 1.29 is 10.6 Å². The Morgan fingerprint density at radius 3 is 1.00 bits per heavy atom. The van der Waals surface area contributed by atoms with Crippen LogP contribution in [0.4, 0.5) is 0 Å². The Morgan fingerprint density at radius 1 is 0.474 bits per heavy atom. The molecule has 0 radical (unpaired) electrons. The van der Waals surface area contributed by atoms with Gasteiger partial charge in [0.1, 0.15) is 0 Å². The van der Waals surface area contributed by atoms with Gasteiger partial charge in [0.25, 0.3) is 0 Å². The first kappa shape index (κ1) is 14.5. The second-order valence-corrected chi connectivity index (χ2v) is 9.34. The van der Waals surface area contributed by atoms with E-state index in [-0.39, 0.29) is 0 Å². The Bertz CT molecular complexity index is 213. The van der Waals surface area contributed by atoms with Crippen molar-refractivity contribution in [1.29, 1.82) is 0 Å². The van der Waals surface area contributed by atoms with Crippen molar-refractivity contribution in [2.45, 2.75) is 95.4 Å². The topological polar surface area (TPSA) is 27.7 Å². The van der Waals surface area contributed by atoms with E-state index in [2.05, 4.69) is 0 Å². The Labute approximate surface area is 123 Å². The molecular formula is C15H27GaO3. The first-order valence-corrected chi connectivity index (χ1v) is 11.3. The Balaban J connectivity index is 1.49. The van der Waals surface area contributed by atoms with Crippen LogP contribution >= 0.6 is 0 Å². The molecule has 0 N–H and O–H groups in total. The van der Waals surface area contributed by atoms with Crippen LogP contribution in [0.2, 0.25) is 0 Å². The van der Waals surface area contributed by atoms with Crippen LogP contribution in [0, 0.1) is 0 Å². The van der Waals surface area contributed by atoms with Gasteiger partial charge in [-0.3, -0.25) is 0 Å². The molecule has 108 valence electrons. The fraction of sp³-hybridized carbons (Fsp3) is 1.00. The molecule has 3 rings (SSSR count). The third-order valence-electron chi connectivity index (χ3n) is 4.82. The molecule has 0 bridgehead atoms. The molecule has 3 nitrogen and oxygen atoms in total. The van der Waals surface area contributed by atoms with Gasteiger partial charge in [0.15, 0.2) is 0 Å². The van der Waals surface area contributed by atoms with Crippen LogP contribution in [0.3, 0.4) is 0 Å². The van der Waals surface area contributed by atoms with Crippen LogP contribution in [0.15, 0.2) is 0 Å². The van der Waals surface area contributed by atoms with Crippen molar-refractivity contribution >= 4 is 17.3 Å². The molecule has 0 aliphatic heterocycles. The van der Waals surface area contributed by atoms with Crippen molar-refractivity contribution in [2.24, 2.45) is 0 Å². The predicted octanol–water partition coefficient (Wildman–Crippen LogP) is 3.85. The minimum absolute atomic E-state index is 0.452. The van der Waals surface area contributed by atoms with Gasteiger partial charge in [-0.2, -0.15) is 0 Å². The summed E-state index contributed by atoms with van der Waals surface area (Å²) < 4.78 is 18.8. The molecule has 0 saturated heterocycles. The van der Waals surface area contributed by atoms with Gasteiger partial charge in [-0.1, -0.05) is 0 Å². The summed E-state index contributed by atoms with van der Waals surface area (Å²) in [6, 6.07) is 0. The maximum atomic E-state index is 6.28. The minimum atomic E-state index is -2.42. The van der Waals surface area contributed by atoms with E-state index in [0.29, 0.717) is 18.3 Å². The first-order valence-electron chi connectivity index (χ1n) is 8.36. The Hall–Kier alpha value is 0.516. The van der Waals surface area contributed by atoms with Gasteiger partial charge in [0, 0.05) is 0 Å². The quantitative estimate of drug-likeness (QED) is 0.694. The zero-order valence-electron chi connectivity index (χ0n) is 12.0. The molecule has 0 amide bonds. The zero-order chi connectivity index (χ0) is 12.9. The van der Waals surface area contributed by atoms with Crippen LogP contribution in [0.25, 0.3) is 0 Å². The Morgan fingerprint density at radius 2 is 0.737 bits per heavy atom. The van der Waals surface area contributed by atoms with Crippen molar-refractivity contribution in [3.8, 4) is 0 Å². The summed E-state index contributed by atoms with van der Waals surface area (Å²) in [5.41, 5.74) is 0. The van der Waals surface area contributed by atoms with E-state index < -0.39 is 17.3 Å². The van der Waals surface area contributed by atoms with Gasteiger partial charge < -0.3 is 0 Å². The van der Waals surface area contributed by atoms with E-state index >= 15 is 0 Å². The van der Waals surface area contributed by atoms with Gasteiger partial charge in [-0.25, -0.2) is 0 Å². The predicted molar refractivity (Wildman–Crippen MR) is 75.8 cm³/mol. The van der Waals surface area contributed by atoms with Gasteiger partial charge in [0.05, 0.1) is 0 Å². The van der Waals surface area contributed by atoms with Crippen LogP contribution < -0.4 is 0 Å². The van der Waals surface area contributed by atoms with Crippen molar-refractivity contribution in [3.05, 3.63) is 0 Å². The molecule has 3 aliphatic rings. The second-order valence-electron chi connectivity index (χ2n) is 6.42. The van der Waals surface area contributed by atoms with Crippen molar-refractivity contribution in [1.82, 2.24) is 0 Å².